The summed E-state index contributed by atoms with van der Waals surface area (Å²) in [6.07, 6.45) is 3.61. The minimum Gasteiger partial charge on any atom is -0.359 e. The Bertz CT molecular complexity index is 501. The standard InChI is InChI=1S/C9H11N5O2/c1-6-3-11-14(4-6)5-7-2-8(13-16-7)9(15)12-10/h2-4H,5,10H2,1H3,(H,12,15). The number of aromatic nitrogens is 3. The predicted molar refractivity (Wildman–Crippen MR) is 54.2 cm³/mol. The number of rotatable bonds is 3. The Morgan fingerprint density at radius 3 is 3.12 bits per heavy atom. The van der Waals surface area contributed by atoms with Crippen molar-refractivity contribution in [3.63, 3.8) is 0 Å². The minimum absolute atomic E-state index is 0.154. The second-order valence-electron chi connectivity index (χ2n) is 3.37. The molecule has 0 radical (unpaired) electrons. The fourth-order valence-electron chi connectivity index (χ4n) is 1.28. The van der Waals surface area contributed by atoms with Crippen molar-refractivity contribution >= 4 is 5.91 Å². The number of nitrogens with two attached hydrogens (primary N) is 1. The molecule has 84 valence electrons. The number of carbonyl (C=O) groups is 1. The Labute approximate surface area is 91.2 Å². The summed E-state index contributed by atoms with van der Waals surface area (Å²) in [5, 5.41) is 7.67. The molecule has 0 atom stereocenters. The Morgan fingerprint density at radius 2 is 2.50 bits per heavy atom. The molecular formula is C9H11N5O2. The lowest BCUT2D eigenvalue weighted by Gasteiger charge is -1.94. The van der Waals surface area contributed by atoms with Crippen LogP contribution in [0.4, 0.5) is 0 Å². The molecule has 2 aromatic rings. The van der Waals surface area contributed by atoms with E-state index in [9.17, 15) is 4.79 Å². The maximum Gasteiger partial charge on any atom is 0.287 e. The molecular weight excluding hydrogens is 210 g/mol. The molecule has 7 nitrogen and oxygen atoms in total. The number of hydrazine groups is 1. The van der Waals surface area contributed by atoms with Gasteiger partial charge in [0.05, 0.1) is 6.20 Å². The molecule has 2 aromatic heterocycles. The topological polar surface area (TPSA) is 99.0 Å². The van der Waals surface area contributed by atoms with Gasteiger partial charge in [0.2, 0.25) is 0 Å². The third-order valence-corrected chi connectivity index (χ3v) is 2.00. The van der Waals surface area contributed by atoms with Crippen molar-refractivity contribution in [2.75, 3.05) is 0 Å². The zero-order valence-electron chi connectivity index (χ0n) is 8.67. The van der Waals surface area contributed by atoms with Gasteiger partial charge in [0, 0.05) is 12.3 Å². The molecule has 7 heteroatoms. The first-order valence-electron chi connectivity index (χ1n) is 4.64. The van der Waals surface area contributed by atoms with Gasteiger partial charge in [0.15, 0.2) is 11.5 Å². The zero-order chi connectivity index (χ0) is 11.5. The highest BCUT2D eigenvalue weighted by Crippen LogP contribution is 2.06. The Kier molecular flexibility index (Phi) is 2.69. The lowest BCUT2D eigenvalue weighted by atomic mass is 10.3. The fourth-order valence-corrected chi connectivity index (χ4v) is 1.28. The first-order chi connectivity index (χ1) is 7.69. The molecule has 2 heterocycles. The molecule has 0 aromatic carbocycles. The van der Waals surface area contributed by atoms with E-state index in [1.54, 1.807) is 10.9 Å². The Hall–Kier alpha value is -2.15. The van der Waals surface area contributed by atoms with Crippen LogP contribution in [0.5, 0.6) is 0 Å². The molecule has 0 bridgehead atoms. The van der Waals surface area contributed by atoms with E-state index in [2.05, 4.69) is 10.3 Å². The summed E-state index contributed by atoms with van der Waals surface area (Å²) in [7, 11) is 0. The van der Waals surface area contributed by atoms with Gasteiger partial charge in [-0.1, -0.05) is 5.16 Å². The Morgan fingerprint density at radius 1 is 1.69 bits per heavy atom. The van der Waals surface area contributed by atoms with Crippen LogP contribution >= 0.6 is 0 Å². The minimum atomic E-state index is -0.480. The first kappa shape index (κ1) is 10.4. The summed E-state index contributed by atoms with van der Waals surface area (Å²) in [6.45, 7) is 2.37. The number of hydrogen-bond donors (Lipinski definition) is 2. The lowest BCUT2D eigenvalue weighted by Crippen LogP contribution is -2.30. The molecule has 16 heavy (non-hydrogen) atoms. The van der Waals surface area contributed by atoms with E-state index in [-0.39, 0.29) is 5.69 Å². The SMILES string of the molecule is Cc1cnn(Cc2cc(C(=O)NN)no2)c1. The second-order valence-corrected chi connectivity index (χ2v) is 3.37. The van der Waals surface area contributed by atoms with Crippen LogP contribution in [0.2, 0.25) is 0 Å². The number of hydrogen-bond acceptors (Lipinski definition) is 5. The first-order valence-corrected chi connectivity index (χ1v) is 4.64. The largest absolute Gasteiger partial charge is 0.359 e. The number of amides is 1. The summed E-state index contributed by atoms with van der Waals surface area (Å²) in [6, 6.07) is 1.53. The molecule has 0 aliphatic carbocycles. The summed E-state index contributed by atoms with van der Waals surface area (Å²) in [5.41, 5.74) is 3.19. The summed E-state index contributed by atoms with van der Waals surface area (Å²) in [5.74, 6) is 5.03. The third kappa shape index (κ3) is 2.09. The van der Waals surface area contributed by atoms with Gasteiger partial charge in [-0.3, -0.25) is 14.9 Å². The number of aryl methyl sites for hydroxylation is 1. The average Bonchev–Trinajstić information content (AvgIpc) is 2.87. The third-order valence-electron chi connectivity index (χ3n) is 2.00. The molecule has 1 amide bonds. The van der Waals surface area contributed by atoms with E-state index in [1.807, 2.05) is 18.5 Å². The maximum absolute atomic E-state index is 11.1. The lowest BCUT2D eigenvalue weighted by molar-refractivity contribution is 0.0944. The van der Waals surface area contributed by atoms with E-state index >= 15 is 0 Å². The van der Waals surface area contributed by atoms with Crippen LogP contribution in [0.1, 0.15) is 21.8 Å². The van der Waals surface area contributed by atoms with E-state index < -0.39 is 5.91 Å². The molecule has 0 aliphatic rings. The molecule has 0 aliphatic heterocycles. The van der Waals surface area contributed by atoms with E-state index in [0.717, 1.165) is 5.56 Å². The van der Waals surface area contributed by atoms with Crippen LogP contribution in [0.15, 0.2) is 23.0 Å². The van der Waals surface area contributed by atoms with Crippen LogP contribution < -0.4 is 11.3 Å². The monoisotopic (exact) mass is 221 g/mol. The molecule has 0 spiro atoms. The van der Waals surface area contributed by atoms with Gasteiger partial charge in [0.1, 0.15) is 6.54 Å². The Balaban J connectivity index is 2.11. The molecule has 0 unspecified atom stereocenters. The van der Waals surface area contributed by atoms with Crippen LogP contribution in [0.3, 0.4) is 0 Å². The van der Waals surface area contributed by atoms with Gasteiger partial charge in [-0.05, 0) is 12.5 Å². The maximum atomic E-state index is 11.1. The van der Waals surface area contributed by atoms with Crippen LogP contribution in [-0.2, 0) is 6.54 Å². The van der Waals surface area contributed by atoms with Crippen LogP contribution in [-0.4, -0.2) is 20.8 Å². The van der Waals surface area contributed by atoms with Gasteiger partial charge in [-0.2, -0.15) is 5.10 Å². The van der Waals surface area contributed by atoms with Crippen LogP contribution in [0.25, 0.3) is 0 Å². The van der Waals surface area contributed by atoms with E-state index in [1.165, 1.54) is 6.07 Å². The molecule has 0 saturated carbocycles. The van der Waals surface area contributed by atoms with Crippen LogP contribution in [0, 0.1) is 6.92 Å². The van der Waals surface area contributed by atoms with Gasteiger partial charge >= 0.3 is 0 Å². The molecule has 0 fully saturated rings. The number of nitrogen functional groups attached to an aromatic ring is 1. The highest BCUT2D eigenvalue weighted by molar-refractivity contribution is 5.91. The smallest absolute Gasteiger partial charge is 0.287 e. The number of nitrogens with one attached hydrogen (secondary N) is 1. The van der Waals surface area contributed by atoms with E-state index in [0.29, 0.717) is 12.3 Å². The zero-order valence-corrected chi connectivity index (χ0v) is 8.67. The highest BCUT2D eigenvalue weighted by Gasteiger charge is 2.11. The number of nitrogens with zero attached hydrogens (tertiary/aromatic N) is 3. The molecule has 0 saturated heterocycles. The van der Waals surface area contributed by atoms with Crippen molar-refractivity contribution in [3.05, 3.63) is 35.5 Å². The summed E-state index contributed by atoms with van der Waals surface area (Å²) < 4.78 is 6.67. The van der Waals surface area contributed by atoms with Gasteiger partial charge in [-0.25, -0.2) is 5.84 Å². The number of carbonyl (C=O) groups excluding carboxylic acids is 1. The van der Waals surface area contributed by atoms with Crippen molar-refractivity contribution in [2.24, 2.45) is 5.84 Å². The van der Waals surface area contributed by atoms with Crippen molar-refractivity contribution in [2.45, 2.75) is 13.5 Å². The van der Waals surface area contributed by atoms with Crippen molar-refractivity contribution in [1.82, 2.24) is 20.4 Å². The van der Waals surface area contributed by atoms with Gasteiger partial charge in [-0.15, -0.1) is 0 Å². The predicted octanol–water partition coefficient (Wildman–Crippen LogP) is -0.169. The fraction of sp³-hybridized carbons (Fsp3) is 0.222. The van der Waals surface area contributed by atoms with E-state index in [4.69, 9.17) is 10.4 Å². The summed E-state index contributed by atoms with van der Waals surface area (Å²) in [4.78, 5) is 11.1. The van der Waals surface area contributed by atoms with Crippen molar-refractivity contribution in [1.29, 1.82) is 0 Å². The van der Waals surface area contributed by atoms with Gasteiger partial charge < -0.3 is 4.52 Å². The highest BCUT2D eigenvalue weighted by atomic mass is 16.5. The molecule has 3 N–H and O–H groups in total. The second kappa shape index (κ2) is 4.15. The average molecular weight is 221 g/mol. The normalized spacial score (nSPS) is 10.4. The van der Waals surface area contributed by atoms with Crippen molar-refractivity contribution in [3.8, 4) is 0 Å². The van der Waals surface area contributed by atoms with Gasteiger partial charge in [0.25, 0.3) is 5.91 Å². The van der Waals surface area contributed by atoms with Crippen molar-refractivity contribution < 1.29 is 9.32 Å². The quantitative estimate of drug-likeness (QED) is 0.426. The summed E-state index contributed by atoms with van der Waals surface area (Å²) >= 11 is 0. The molecule has 2 rings (SSSR count).